The zero-order valence-electron chi connectivity index (χ0n) is 13.8. The van der Waals surface area contributed by atoms with Crippen LogP contribution in [0.15, 0.2) is 61.2 Å². The van der Waals surface area contributed by atoms with Crippen LogP contribution in [0.4, 0.5) is 0 Å². The lowest BCUT2D eigenvalue weighted by molar-refractivity contribution is 0.104. The van der Waals surface area contributed by atoms with Crippen molar-refractivity contribution in [3.63, 3.8) is 0 Å². The fourth-order valence-corrected chi connectivity index (χ4v) is 2.08. The molecule has 24 heavy (non-hydrogen) atoms. The van der Waals surface area contributed by atoms with E-state index in [9.17, 15) is 4.79 Å². The Morgan fingerprint density at radius 3 is 2.42 bits per heavy atom. The zero-order chi connectivity index (χ0) is 17.4. The lowest BCUT2D eigenvalue weighted by Crippen LogP contribution is -1.96. The van der Waals surface area contributed by atoms with Crippen molar-refractivity contribution in [1.29, 1.82) is 0 Å². The number of ketones is 1. The molecule has 0 aliphatic rings. The second-order valence-corrected chi connectivity index (χ2v) is 4.94. The third-order valence-corrected chi connectivity index (χ3v) is 3.35. The van der Waals surface area contributed by atoms with Crippen molar-refractivity contribution in [2.45, 2.75) is 0 Å². The molecular formula is C20H20O4. The highest BCUT2D eigenvalue weighted by Crippen LogP contribution is 2.28. The Morgan fingerprint density at radius 2 is 1.79 bits per heavy atom. The molecule has 0 heterocycles. The van der Waals surface area contributed by atoms with Crippen molar-refractivity contribution in [3.05, 3.63) is 72.3 Å². The van der Waals surface area contributed by atoms with Gasteiger partial charge in [-0.25, -0.2) is 0 Å². The molecule has 0 N–H and O–H groups in total. The summed E-state index contributed by atoms with van der Waals surface area (Å²) in [6.45, 7) is 4.02. The molecule has 0 aromatic heterocycles. The van der Waals surface area contributed by atoms with E-state index in [0.29, 0.717) is 23.7 Å². The molecule has 0 saturated heterocycles. The van der Waals surface area contributed by atoms with Crippen molar-refractivity contribution in [2.24, 2.45) is 0 Å². The highest BCUT2D eigenvalue weighted by atomic mass is 16.5. The molecule has 0 aliphatic carbocycles. The smallest absolute Gasteiger partial charge is 0.185 e. The van der Waals surface area contributed by atoms with Gasteiger partial charge in [-0.3, -0.25) is 4.79 Å². The molecule has 2 rings (SSSR count). The van der Waals surface area contributed by atoms with E-state index in [1.807, 2.05) is 12.1 Å². The van der Waals surface area contributed by atoms with Crippen LogP contribution in [0.1, 0.15) is 15.9 Å². The minimum Gasteiger partial charge on any atom is -0.497 e. The van der Waals surface area contributed by atoms with E-state index in [1.54, 1.807) is 56.7 Å². The predicted octanol–water partition coefficient (Wildman–Crippen LogP) is 4.16. The summed E-state index contributed by atoms with van der Waals surface area (Å²) in [5.74, 6) is 1.88. The van der Waals surface area contributed by atoms with Crippen LogP contribution in [0.3, 0.4) is 0 Å². The largest absolute Gasteiger partial charge is 0.497 e. The van der Waals surface area contributed by atoms with Gasteiger partial charge in [-0.15, -0.1) is 0 Å². The first kappa shape index (κ1) is 17.3. The Balaban J connectivity index is 2.12. The molecule has 0 atom stereocenters. The van der Waals surface area contributed by atoms with Crippen molar-refractivity contribution in [2.75, 3.05) is 20.8 Å². The summed E-state index contributed by atoms with van der Waals surface area (Å²) < 4.78 is 15.9. The molecule has 0 bridgehead atoms. The number of hydrogen-bond acceptors (Lipinski definition) is 4. The van der Waals surface area contributed by atoms with Gasteiger partial charge in [0, 0.05) is 5.56 Å². The number of carbonyl (C=O) groups is 1. The first-order chi connectivity index (χ1) is 11.7. The second kappa shape index (κ2) is 8.58. The first-order valence-electron chi connectivity index (χ1n) is 7.46. The van der Waals surface area contributed by atoms with E-state index in [0.717, 1.165) is 11.3 Å². The summed E-state index contributed by atoms with van der Waals surface area (Å²) in [6.07, 6.45) is 4.94. The standard InChI is InChI=1S/C20H20O4/c1-4-13-24-19-12-6-15(14-20(19)23-3)5-11-18(21)16-7-9-17(22-2)10-8-16/h4-12,14H,1,13H2,2-3H3. The van der Waals surface area contributed by atoms with Gasteiger partial charge in [0.2, 0.25) is 0 Å². The number of rotatable bonds is 8. The van der Waals surface area contributed by atoms with Gasteiger partial charge < -0.3 is 14.2 Å². The fourth-order valence-electron chi connectivity index (χ4n) is 2.08. The average molecular weight is 324 g/mol. The molecular weight excluding hydrogens is 304 g/mol. The van der Waals surface area contributed by atoms with Crippen molar-refractivity contribution < 1.29 is 19.0 Å². The minimum absolute atomic E-state index is 0.0800. The minimum atomic E-state index is -0.0800. The second-order valence-electron chi connectivity index (χ2n) is 4.94. The average Bonchev–Trinajstić information content (AvgIpc) is 2.64. The molecule has 0 fully saturated rings. The number of allylic oxidation sites excluding steroid dienone is 1. The maximum absolute atomic E-state index is 12.2. The van der Waals surface area contributed by atoms with Gasteiger partial charge in [0.25, 0.3) is 0 Å². The molecule has 0 spiro atoms. The van der Waals surface area contributed by atoms with Gasteiger partial charge in [0.05, 0.1) is 14.2 Å². The lowest BCUT2D eigenvalue weighted by atomic mass is 10.1. The number of ether oxygens (including phenoxy) is 3. The van der Waals surface area contributed by atoms with Gasteiger partial charge in [-0.2, -0.15) is 0 Å². The predicted molar refractivity (Wildman–Crippen MR) is 95.0 cm³/mol. The van der Waals surface area contributed by atoms with Crippen molar-refractivity contribution >= 4 is 11.9 Å². The normalized spacial score (nSPS) is 10.4. The number of benzene rings is 2. The van der Waals surface area contributed by atoms with E-state index in [2.05, 4.69) is 6.58 Å². The highest BCUT2D eigenvalue weighted by Gasteiger charge is 2.05. The topological polar surface area (TPSA) is 44.8 Å². The van der Waals surface area contributed by atoms with Crippen LogP contribution in [0, 0.1) is 0 Å². The third-order valence-electron chi connectivity index (χ3n) is 3.35. The van der Waals surface area contributed by atoms with Crippen LogP contribution < -0.4 is 14.2 Å². The van der Waals surface area contributed by atoms with Gasteiger partial charge in [0.15, 0.2) is 17.3 Å². The van der Waals surface area contributed by atoms with E-state index in [1.165, 1.54) is 6.08 Å². The quantitative estimate of drug-likeness (QED) is 0.415. The van der Waals surface area contributed by atoms with Crippen molar-refractivity contribution in [3.8, 4) is 17.2 Å². The monoisotopic (exact) mass is 324 g/mol. The number of carbonyl (C=O) groups excluding carboxylic acids is 1. The fraction of sp³-hybridized carbons (Fsp3) is 0.150. The Bertz CT molecular complexity index is 730. The molecule has 0 aliphatic heterocycles. The number of hydrogen-bond donors (Lipinski definition) is 0. The number of methoxy groups -OCH3 is 2. The summed E-state index contributed by atoms with van der Waals surface area (Å²) in [5.41, 5.74) is 1.45. The Morgan fingerprint density at radius 1 is 1.04 bits per heavy atom. The summed E-state index contributed by atoms with van der Waals surface area (Å²) in [7, 11) is 3.17. The van der Waals surface area contributed by atoms with Crippen LogP contribution in [-0.2, 0) is 0 Å². The van der Waals surface area contributed by atoms with E-state index >= 15 is 0 Å². The third kappa shape index (κ3) is 4.49. The molecule has 4 heteroatoms. The van der Waals surface area contributed by atoms with Crippen LogP contribution in [0.25, 0.3) is 6.08 Å². The molecule has 0 unspecified atom stereocenters. The molecule has 2 aromatic carbocycles. The summed E-state index contributed by atoms with van der Waals surface area (Å²) in [4.78, 5) is 12.2. The van der Waals surface area contributed by atoms with E-state index in [4.69, 9.17) is 14.2 Å². The molecule has 4 nitrogen and oxygen atoms in total. The first-order valence-corrected chi connectivity index (χ1v) is 7.46. The lowest BCUT2D eigenvalue weighted by Gasteiger charge is -2.09. The Hall–Kier alpha value is -3.01. The van der Waals surface area contributed by atoms with Gasteiger partial charge in [-0.1, -0.05) is 24.8 Å². The molecule has 0 saturated carbocycles. The van der Waals surface area contributed by atoms with Gasteiger partial charge in [-0.05, 0) is 48.0 Å². The molecule has 0 radical (unpaired) electrons. The van der Waals surface area contributed by atoms with E-state index in [-0.39, 0.29) is 5.78 Å². The molecule has 124 valence electrons. The summed E-state index contributed by atoms with van der Waals surface area (Å²) in [6, 6.07) is 12.5. The zero-order valence-corrected chi connectivity index (χ0v) is 13.8. The van der Waals surface area contributed by atoms with Gasteiger partial charge in [0.1, 0.15) is 12.4 Å². The van der Waals surface area contributed by atoms with Gasteiger partial charge >= 0.3 is 0 Å². The van der Waals surface area contributed by atoms with Crippen LogP contribution in [0.5, 0.6) is 17.2 Å². The Kier molecular flexibility index (Phi) is 6.20. The molecule has 2 aromatic rings. The highest BCUT2D eigenvalue weighted by molar-refractivity contribution is 6.06. The maximum Gasteiger partial charge on any atom is 0.185 e. The van der Waals surface area contributed by atoms with Crippen LogP contribution in [0.2, 0.25) is 0 Å². The van der Waals surface area contributed by atoms with Crippen molar-refractivity contribution in [1.82, 2.24) is 0 Å². The SMILES string of the molecule is C=CCOc1ccc(C=CC(=O)c2ccc(OC)cc2)cc1OC. The van der Waals surface area contributed by atoms with E-state index < -0.39 is 0 Å². The molecule has 0 amide bonds. The maximum atomic E-state index is 12.2. The summed E-state index contributed by atoms with van der Waals surface area (Å²) in [5, 5.41) is 0. The Labute approximate surface area is 142 Å². The summed E-state index contributed by atoms with van der Waals surface area (Å²) >= 11 is 0. The van der Waals surface area contributed by atoms with Crippen LogP contribution in [-0.4, -0.2) is 26.6 Å². The van der Waals surface area contributed by atoms with Crippen LogP contribution >= 0.6 is 0 Å².